The van der Waals surface area contributed by atoms with Gasteiger partial charge in [0.15, 0.2) is 0 Å². The molecule has 3 aromatic rings. The summed E-state index contributed by atoms with van der Waals surface area (Å²) in [5.74, 6) is 0.153. The molecule has 1 amide bonds. The lowest BCUT2D eigenvalue weighted by molar-refractivity contribution is -0.131. The molecule has 4 nitrogen and oxygen atoms in total. The van der Waals surface area contributed by atoms with Gasteiger partial charge in [0, 0.05) is 31.1 Å². The fraction of sp³-hybridized carbons (Fsp3) is 0.261. The Hall–Kier alpha value is -3.01. The van der Waals surface area contributed by atoms with Crippen molar-refractivity contribution in [3.63, 3.8) is 0 Å². The molecule has 0 saturated carbocycles. The second-order valence-corrected chi connectivity index (χ2v) is 7.00. The summed E-state index contributed by atoms with van der Waals surface area (Å²) in [6, 6.07) is 20.4. The van der Waals surface area contributed by atoms with E-state index < -0.39 is 0 Å². The Morgan fingerprint density at radius 1 is 1.00 bits per heavy atom. The van der Waals surface area contributed by atoms with Crippen LogP contribution in [0.2, 0.25) is 0 Å². The van der Waals surface area contributed by atoms with Gasteiger partial charge in [-0.05, 0) is 42.2 Å². The van der Waals surface area contributed by atoms with Crippen molar-refractivity contribution in [2.24, 2.45) is 0 Å². The average molecular weight is 357 g/mol. The zero-order valence-electron chi connectivity index (χ0n) is 15.3. The second kappa shape index (κ2) is 8.12. The number of rotatable bonds is 5. The predicted molar refractivity (Wildman–Crippen MR) is 105 cm³/mol. The van der Waals surface area contributed by atoms with E-state index in [1.807, 2.05) is 23.1 Å². The standard InChI is InChI=1S/C23H23N3O/c27-23(16-19-9-5-13-24-17-19)26-14-6-12-22(26)21-11-4-10-20(25-21)15-18-7-2-1-3-8-18/h1-5,7-11,13,17,22H,6,12,14-16H2/t22-/m1/s1. The molecule has 4 heteroatoms. The Kier molecular flexibility index (Phi) is 5.24. The normalized spacial score (nSPS) is 16.4. The monoisotopic (exact) mass is 357 g/mol. The molecule has 1 saturated heterocycles. The van der Waals surface area contributed by atoms with E-state index in [1.165, 1.54) is 5.56 Å². The van der Waals surface area contributed by atoms with E-state index in [2.05, 4.69) is 47.4 Å². The maximum Gasteiger partial charge on any atom is 0.227 e. The van der Waals surface area contributed by atoms with Crippen LogP contribution < -0.4 is 0 Å². The molecule has 1 atom stereocenters. The largest absolute Gasteiger partial charge is 0.334 e. The van der Waals surface area contributed by atoms with E-state index in [1.54, 1.807) is 12.4 Å². The van der Waals surface area contributed by atoms with Crippen LogP contribution in [0.4, 0.5) is 0 Å². The molecule has 2 aromatic heterocycles. The number of carbonyl (C=O) groups excluding carboxylic acids is 1. The highest BCUT2D eigenvalue weighted by Gasteiger charge is 2.30. The third kappa shape index (κ3) is 4.22. The van der Waals surface area contributed by atoms with E-state index in [0.29, 0.717) is 6.42 Å². The molecule has 4 rings (SSSR count). The van der Waals surface area contributed by atoms with Gasteiger partial charge in [0.2, 0.25) is 5.91 Å². The van der Waals surface area contributed by atoms with Gasteiger partial charge in [-0.3, -0.25) is 14.8 Å². The third-order valence-electron chi connectivity index (χ3n) is 5.05. The van der Waals surface area contributed by atoms with Crippen molar-refractivity contribution in [2.45, 2.75) is 31.7 Å². The molecule has 0 aliphatic carbocycles. The minimum absolute atomic E-state index is 0.0740. The minimum atomic E-state index is 0.0740. The molecule has 1 aliphatic rings. The zero-order valence-corrected chi connectivity index (χ0v) is 15.3. The van der Waals surface area contributed by atoms with Crippen LogP contribution in [-0.2, 0) is 17.6 Å². The first kappa shape index (κ1) is 17.4. The van der Waals surface area contributed by atoms with Gasteiger partial charge in [0.25, 0.3) is 0 Å². The molecular weight excluding hydrogens is 334 g/mol. The number of aromatic nitrogens is 2. The number of hydrogen-bond donors (Lipinski definition) is 0. The van der Waals surface area contributed by atoms with Crippen molar-refractivity contribution < 1.29 is 4.79 Å². The number of hydrogen-bond acceptors (Lipinski definition) is 3. The molecule has 136 valence electrons. The number of likely N-dealkylation sites (tertiary alicyclic amines) is 1. The van der Waals surface area contributed by atoms with Crippen LogP contribution in [0.25, 0.3) is 0 Å². The maximum atomic E-state index is 12.8. The van der Waals surface area contributed by atoms with Gasteiger partial charge >= 0.3 is 0 Å². The third-order valence-corrected chi connectivity index (χ3v) is 5.05. The highest BCUT2D eigenvalue weighted by Crippen LogP contribution is 2.31. The van der Waals surface area contributed by atoms with E-state index in [-0.39, 0.29) is 11.9 Å². The summed E-state index contributed by atoms with van der Waals surface area (Å²) in [6.07, 6.45) is 6.70. The molecule has 3 heterocycles. The van der Waals surface area contributed by atoms with Gasteiger partial charge in [0.1, 0.15) is 0 Å². The van der Waals surface area contributed by atoms with Crippen molar-refractivity contribution >= 4 is 5.91 Å². The fourth-order valence-electron chi connectivity index (χ4n) is 3.74. The second-order valence-electron chi connectivity index (χ2n) is 7.00. The highest BCUT2D eigenvalue weighted by atomic mass is 16.2. The Bertz CT molecular complexity index is 896. The van der Waals surface area contributed by atoms with Crippen LogP contribution in [-0.4, -0.2) is 27.3 Å². The van der Waals surface area contributed by atoms with Gasteiger partial charge in [-0.2, -0.15) is 0 Å². The van der Waals surface area contributed by atoms with E-state index in [0.717, 1.165) is 42.8 Å². The lowest BCUT2D eigenvalue weighted by Gasteiger charge is -2.25. The van der Waals surface area contributed by atoms with Crippen LogP contribution in [0.1, 0.15) is 41.4 Å². The summed E-state index contributed by atoms with van der Waals surface area (Å²) in [5, 5.41) is 0. The van der Waals surface area contributed by atoms with Crippen LogP contribution in [0.3, 0.4) is 0 Å². The highest BCUT2D eigenvalue weighted by molar-refractivity contribution is 5.79. The van der Waals surface area contributed by atoms with Crippen LogP contribution >= 0.6 is 0 Å². The summed E-state index contributed by atoms with van der Waals surface area (Å²) < 4.78 is 0. The van der Waals surface area contributed by atoms with E-state index >= 15 is 0 Å². The van der Waals surface area contributed by atoms with Gasteiger partial charge < -0.3 is 4.90 Å². The summed E-state index contributed by atoms with van der Waals surface area (Å²) >= 11 is 0. The summed E-state index contributed by atoms with van der Waals surface area (Å²) in [7, 11) is 0. The first-order chi connectivity index (χ1) is 13.3. The number of pyridine rings is 2. The summed E-state index contributed by atoms with van der Waals surface area (Å²) in [4.78, 5) is 23.8. The Labute approximate surface area is 159 Å². The number of amides is 1. The van der Waals surface area contributed by atoms with Crippen LogP contribution in [0.15, 0.2) is 73.1 Å². The predicted octanol–water partition coefficient (Wildman–Crippen LogP) is 3.97. The van der Waals surface area contributed by atoms with Gasteiger partial charge in [-0.1, -0.05) is 42.5 Å². The molecule has 0 unspecified atom stereocenters. The van der Waals surface area contributed by atoms with Gasteiger partial charge in [-0.15, -0.1) is 0 Å². The first-order valence-corrected chi connectivity index (χ1v) is 9.48. The zero-order chi connectivity index (χ0) is 18.5. The van der Waals surface area contributed by atoms with Crippen molar-refractivity contribution in [2.75, 3.05) is 6.54 Å². The molecule has 1 fully saturated rings. The smallest absolute Gasteiger partial charge is 0.227 e. The number of benzene rings is 1. The lowest BCUT2D eigenvalue weighted by atomic mass is 10.1. The molecule has 27 heavy (non-hydrogen) atoms. The van der Waals surface area contributed by atoms with Crippen molar-refractivity contribution in [3.8, 4) is 0 Å². The molecular formula is C23H23N3O. The Morgan fingerprint density at radius 3 is 2.67 bits per heavy atom. The van der Waals surface area contributed by atoms with Gasteiger partial charge in [-0.25, -0.2) is 0 Å². The quantitative estimate of drug-likeness (QED) is 0.694. The van der Waals surface area contributed by atoms with Crippen molar-refractivity contribution in [1.29, 1.82) is 0 Å². The molecule has 0 spiro atoms. The summed E-state index contributed by atoms with van der Waals surface area (Å²) in [5.41, 5.74) is 4.25. The summed E-state index contributed by atoms with van der Waals surface area (Å²) in [6.45, 7) is 0.800. The molecule has 1 aliphatic heterocycles. The van der Waals surface area contributed by atoms with Crippen LogP contribution in [0.5, 0.6) is 0 Å². The Morgan fingerprint density at radius 2 is 1.85 bits per heavy atom. The SMILES string of the molecule is O=C(Cc1cccnc1)N1CCC[C@@H]1c1cccc(Cc2ccccc2)n1. The average Bonchev–Trinajstić information content (AvgIpc) is 3.20. The van der Waals surface area contributed by atoms with Gasteiger partial charge in [0.05, 0.1) is 18.2 Å². The maximum absolute atomic E-state index is 12.8. The first-order valence-electron chi connectivity index (χ1n) is 9.48. The Balaban J connectivity index is 1.50. The van der Waals surface area contributed by atoms with E-state index in [9.17, 15) is 4.79 Å². The molecule has 0 bridgehead atoms. The molecule has 0 N–H and O–H groups in total. The molecule has 1 aromatic carbocycles. The fourth-order valence-corrected chi connectivity index (χ4v) is 3.74. The lowest BCUT2D eigenvalue weighted by Crippen LogP contribution is -2.32. The topological polar surface area (TPSA) is 46.1 Å². The number of carbonyl (C=O) groups is 1. The molecule has 0 radical (unpaired) electrons. The van der Waals surface area contributed by atoms with E-state index in [4.69, 9.17) is 4.98 Å². The minimum Gasteiger partial charge on any atom is -0.334 e. The van der Waals surface area contributed by atoms with Crippen molar-refractivity contribution in [3.05, 3.63) is 95.6 Å². The van der Waals surface area contributed by atoms with Crippen LogP contribution in [0, 0.1) is 0 Å². The number of nitrogens with zero attached hydrogens (tertiary/aromatic N) is 3. The van der Waals surface area contributed by atoms with Crippen molar-refractivity contribution in [1.82, 2.24) is 14.9 Å².